The van der Waals surface area contributed by atoms with Gasteiger partial charge in [-0.15, -0.1) is 0 Å². The molecule has 0 radical (unpaired) electrons. The van der Waals surface area contributed by atoms with Crippen LogP contribution < -0.4 is 15.8 Å². The van der Waals surface area contributed by atoms with E-state index in [0.717, 1.165) is 0 Å². The molecule has 6 heteroatoms. The third-order valence-electron chi connectivity index (χ3n) is 2.81. The molecule has 0 aliphatic carbocycles. The molecular weight excluding hydrogens is 260 g/mol. The molecule has 4 N–H and O–H groups in total. The number of carboxylic acid groups (broad SMARTS) is 1. The Morgan fingerprint density at radius 2 is 1.90 bits per heavy atom. The van der Waals surface area contributed by atoms with Crippen LogP contribution in [-0.2, 0) is 4.79 Å². The lowest BCUT2D eigenvalue weighted by molar-refractivity contribution is -0.121. The number of aromatic carboxylic acids is 1. The van der Waals surface area contributed by atoms with Gasteiger partial charge in [-0.05, 0) is 30.2 Å². The fourth-order valence-corrected chi connectivity index (χ4v) is 1.74. The number of carbonyl (C=O) groups is 2. The highest BCUT2D eigenvalue weighted by Crippen LogP contribution is 2.11. The molecule has 0 saturated heterocycles. The molecule has 1 rings (SSSR count). The fraction of sp³-hybridized carbons (Fsp3) is 0.429. The second-order valence-corrected chi connectivity index (χ2v) is 4.76. The van der Waals surface area contributed by atoms with Gasteiger partial charge >= 0.3 is 5.97 Å². The van der Waals surface area contributed by atoms with Crippen molar-refractivity contribution in [1.29, 1.82) is 0 Å². The zero-order chi connectivity index (χ0) is 15.1. The summed E-state index contributed by atoms with van der Waals surface area (Å²) < 4.78 is 5.44. The minimum Gasteiger partial charge on any atom is -0.492 e. The molecule has 0 heterocycles. The van der Waals surface area contributed by atoms with Crippen molar-refractivity contribution in [3.63, 3.8) is 0 Å². The lowest BCUT2D eigenvalue weighted by atomic mass is 10.0. The average Bonchev–Trinajstić information content (AvgIpc) is 2.38. The highest BCUT2D eigenvalue weighted by Gasteiger charge is 2.17. The molecule has 0 bridgehead atoms. The lowest BCUT2D eigenvalue weighted by Crippen LogP contribution is -2.46. The fourth-order valence-electron chi connectivity index (χ4n) is 1.74. The molecule has 6 nitrogen and oxygen atoms in total. The highest BCUT2D eigenvalue weighted by molar-refractivity contribution is 5.87. The third kappa shape index (κ3) is 4.89. The van der Waals surface area contributed by atoms with Crippen LogP contribution in [0.4, 0.5) is 0 Å². The monoisotopic (exact) mass is 280 g/mol. The van der Waals surface area contributed by atoms with E-state index in [0.29, 0.717) is 18.9 Å². The molecule has 1 unspecified atom stereocenters. The van der Waals surface area contributed by atoms with Crippen LogP contribution in [0.3, 0.4) is 0 Å². The summed E-state index contributed by atoms with van der Waals surface area (Å²) in [5.74, 6) is -0.662. The van der Waals surface area contributed by atoms with Crippen molar-refractivity contribution >= 4 is 11.9 Å². The van der Waals surface area contributed by atoms with Crippen molar-refractivity contribution in [2.75, 3.05) is 13.2 Å². The molecule has 0 spiro atoms. The minimum atomic E-state index is -0.973. The van der Waals surface area contributed by atoms with Crippen LogP contribution in [0.1, 0.15) is 24.2 Å². The van der Waals surface area contributed by atoms with Gasteiger partial charge in [-0.25, -0.2) is 4.79 Å². The molecule has 0 aromatic heterocycles. The predicted molar refractivity (Wildman–Crippen MR) is 74.7 cm³/mol. The molecule has 1 amide bonds. The van der Waals surface area contributed by atoms with E-state index in [1.165, 1.54) is 12.1 Å². The van der Waals surface area contributed by atoms with Gasteiger partial charge < -0.3 is 20.9 Å². The molecular formula is C14H20N2O4. The number of nitrogens with two attached hydrogens (primary N) is 1. The van der Waals surface area contributed by atoms with E-state index in [1.807, 2.05) is 13.8 Å². The third-order valence-corrected chi connectivity index (χ3v) is 2.81. The second-order valence-electron chi connectivity index (χ2n) is 4.76. The van der Waals surface area contributed by atoms with E-state index in [9.17, 15) is 9.59 Å². The van der Waals surface area contributed by atoms with E-state index in [1.54, 1.807) is 12.1 Å². The first kappa shape index (κ1) is 16.0. The van der Waals surface area contributed by atoms with E-state index in [2.05, 4.69) is 5.32 Å². The molecule has 20 heavy (non-hydrogen) atoms. The summed E-state index contributed by atoms with van der Waals surface area (Å²) in [6, 6.07) is 5.76. The second kappa shape index (κ2) is 7.49. The van der Waals surface area contributed by atoms with Gasteiger partial charge in [-0.2, -0.15) is 0 Å². The van der Waals surface area contributed by atoms with E-state index >= 15 is 0 Å². The largest absolute Gasteiger partial charge is 0.492 e. The summed E-state index contributed by atoms with van der Waals surface area (Å²) >= 11 is 0. The Labute approximate surface area is 117 Å². The average molecular weight is 280 g/mol. The van der Waals surface area contributed by atoms with Crippen molar-refractivity contribution in [3.05, 3.63) is 29.8 Å². The number of nitrogens with one attached hydrogen (secondary N) is 1. The zero-order valence-electron chi connectivity index (χ0n) is 11.6. The molecule has 1 aromatic carbocycles. The van der Waals surface area contributed by atoms with Gasteiger partial charge in [-0.3, -0.25) is 4.79 Å². The van der Waals surface area contributed by atoms with Crippen LogP contribution in [0, 0.1) is 5.92 Å². The Hall–Kier alpha value is -2.08. The maximum absolute atomic E-state index is 11.2. The molecule has 0 aliphatic rings. The first-order valence-corrected chi connectivity index (χ1v) is 6.40. The van der Waals surface area contributed by atoms with Crippen molar-refractivity contribution in [2.24, 2.45) is 11.7 Å². The maximum atomic E-state index is 11.2. The SMILES string of the molecule is CC(C)C(NCCOc1ccc(C(=O)O)cc1)C(N)=O. The van der Waals surface area contributed by atoms with Gasteiger partial charge in [0, 0.05) is 6.54 Å². The maximum Gasteiger partial charge on any atom is 0.335 e. The van der Waals surface area contributed by atoms with Crippen LogP contribution in [0.2, 0.25) is 0 Å². The lowest BCUT2D eigenvalue weighted by Gasteiger charge is -2.18. The van der Waals surface area contributed by atoms with Gasteiger partial charge in [-0.1, -0.05) is 13.8 Å². The molecule has 0 saturated carbocycles. The normalized spacial score (nSPS) is 12.2. The topological polar surface area (TPSA) is 102 Å². The van der Waals surface area contributed by atoms with Crippen molar-refractivity contribution < 1.29 is 19.4 Å². The molecule has 1 atom stereocenters. The molecule has 1 aromatic rings. The predicted octanol–water partition coefficient (Wildman–Crippen LogP) is 0.863. The number of amides is 1. The van der Waals surface area contributed by atoms with Gasteiger partial charge in [0.05, 0.1) is 11.6 Å². The van der Waals surface area contributed by atoms with Gasteiger partial charge in [0.2, 0.25) is 5.91 Å². The van der Waals surface area contributed by atoms with E-state index in [-0.39, 0.29) is 23.4 Å². The van der Waals surface area contributed by atoms with Gasteiger partial charge in [0.15, 0.2) is 0 Å². The Morgan fingerprint density at radius 3 is 2.35 bits per heavy atom. The number of carbonyl (C=O) groups excluding carboxylic acids is 1. The summed E-state index contributed by atoms with van der Waals surface area (Å²) in [5.41, 5.74) is 5.49. The number of benzene rings is 1. The van der Waals surface area contributed by atoms with Crippen LogP contribution in [0.15, 0.2) is 24.3 Å². The highest BCUT2D eigenvalue weighted by atomic mass is 16.5. The number of hydrogen-bond donors (Lipinski definition) is 3. The van der Waals surface area contributed by atoms with Crippen LogP contribution in [-0.4, -0.2) is 36.2 Å². The summed E-state index contributed by atoms with van der Waals surface area (Å²) in [5, 5.41) is 11.8. The van der Waals surface area contributed by atoms with Crippen LogP contribution in [0.25, 0.3) is 0 Å². The van der Waals surface area contributed by atoms with Crippen molar-refractivity contribution in [2.45, 2.75) is 19.9 Å². The Kier molecular flexibility index (Phi) is 5.99. The first-order valence-electron chi connectivity index (χ1n) is 6.40. The Balaban J connectivity index is 2.37. The summed E-state index contributed by atoms with van der Waals surface area (Å²) in [6.07, 6.45) is 0. The Morgan fingerprint density at radius 1 is 1.30 bits per heavy atom. The smallest absolute Gasteiger partial charge is 0.335 e. The number of carboxylic acids is 1. The number of rotatable bonds is 8. The quantitative estimate of drug-likeness (QED) is 0.613. The zero-order valence-corrected chi connectivity index (χ0v) is 11.6. The van der Waals surface area contributed by atoms with Gasteiger partial charge in [0.25, 0.3) is 0 Å². The number of ether oxygens (including phenoxy) is 1. The summed E-state index contributed by atoms with van der Waals surface area (Å²) in [6.45, 7) is 4.66. The summed E-state index contributed by atoms with van der Waals surface area (Å²) in [7, 11) is 0. The van der Waals surface area contributed by atoms with E-state index in [4.69, 9.17) is 15.6 Å². The van der Waals surface area contributed by atoms with Gasteiger partial charge in [0.1, 0.15) is 12.4 Å². The Bertz CT molecular complexity index is 457. The van der Waals surface area contributed by atoms with Crippen LogP contribution >= 0.6 is 0 Å². The minimum absolute atomic E-state index is 0.113. The molecule has 0 aliphatic heterocycles. The molecule has 0 fully saturated rings. The molecule has 110 valence electrons. The number of primary amides is 1. The first-order chi connectivity index (χ1) is 9.41. The standard InChI is InChI=1S/C14H20N2O4/c1-9(2)12(13(15)17)16-7-8-20-11-5-3-10(4-6-11)14(18)19/h3-6,9,12,16H,7-8H2,1-2H3,(H2,15,17)(H,18,19). The van der Waals surface area contributed by atoms with E-state index < -0.39 is 5.97 Å². The van der Waals surface area contributed by atoms with Crippen molar-refractivity contribution in [1.82, 2.24) is 5.32 Å². The number of hydrogen-bond acceptors (Lipinski definition) is 4. The van der Waals surface area contributed by atoms with Crippen molar-refractivity contribution in [3.8, 4) is 5.75 Å². The summed E-state index contributed by atoms with van der Waals surface area (Å²) in [4.78, 5) is 21.9. The van der Waals surface area contributed by atoms with Crippen LogP contribution in [0.5, 0.6) is 5.75 Å².